The van der Waals surface area contributed by atoms with Gasteiger partial charge < -0.3 is 9.73 Å². The van der Waals surface area contributed by atoms with Gasteiger partial charge in [0.25, 0.3) is 0 Å². The van der Waals surface area contributed by atoms with Gasteiger partial charge in [-0.25, -0.2) is 4.79 Å². The normalized spacial score (nSPS) is 11.0. The van der Waals surface area contributed by atoms with Crippen LogP contribution in [0.15, 0.2) is 70.0 Å². The molecule has 1 amide bonds. The molecule has 0 aliphatic carbocycles. The first-order valence-electron chi connectivity index (χ1n) is 7.44. The summed E-state index contributed by atoms with van der Waals surface area (Å²) in [5.74, 6) is -0.871. The largest absolute Gasteiger partial charge is 0.420 e. The van der Waals surface area contributed by atoms with Crippen molar-refractivity contribution in [1.29, 1.82) is 0 Å². The number of amides is 1. The molecule has 0 fully saturated rings. The van der Waals surface area contributed by atoms with Crippen molar-refractivity contribution >= 4 is 33.6 Å². The number of anilines is 1. The van der Waals surface area contributed by atoms with Crippen molar-refractivity contribution in [3.63, 3.8) is 0 Å². The molecule has 0 aliphatic rings. The second-order valence-electron chi connectivity index (χ2n) is 5.35. The van der Waals surface area contributed by atoms with Crippen LogP contribution in [0.5, 0.6) is 0 Å². The number of oxazole rings is 1. The number of rotatable bonds is 3. The van der Waals surface area contributed by atoms with E-state index in [-0.39, 0.29) is 12.5 Å². The summed E-state index contributed by atoms with van der Waals surface area (Å²) in [5.41, 5.74) is 2.37. The fourth-order valence-corrected chi connectivity index (χ4v) is 2.70. The highest BCUT2D eigenvalue weighted by molar-refractivity contribution is 6.00. The first kappa shape index (κ1) is 14.2. The lowest BCUT2D eigenvalue weighted by atomic mass is 10.2. The molecule has 0 atom stereocenters. The minimum absolute atomic E-state index is 0.126. The lowest BCUT2D eigenvalue weighted by Crippen LogP contribution is -2.24. The van der Waals surface area contributed by atoms with Crippen molar-refractivity contribution in [1.82, 2.24) is 9.55 Å². The summed E-state index contributed by atoms with van der Waals surface area (Å²) < 4.78 is 6.44. The second-order valence-corrected chi connectivity index (χ2v) is 5.35. The Morgan fingerprint density at radius 2 is 1.92 bits per heavy atom. The van der Waals surface area contributed by atoms with E-state index in [0.717, 1.165) is 5.39 Å². The van der Waals surface area contributed by atoms with E-state index in [1.165, 1.54) is 4.57 Å². The van der Waals surface area contributed by atoms with Crippen LogP contribution in [-0.4, -0.2) is 15.5 Å². The average molecular weight is 319 g/mol. The number of fused-ring (bicyclic) bond motifs is 2. The van der Waals surface area contributed by atoms with Gasteiger partial charge >= 0.3 is 5.76 Å². The van der Waals surface area contributed by atoms with Crippen molar-refractivity contribution in [2.75, 3.05) is 5.32 Å². The fraction of sp³-hybridized carbons (Fsp3) is 0.0556. The number of hydrogen-bond donors (Lipinski definition) is 1. The van der Waals surface area contributed by atoms with Gasteiger partial charge in [0.15, 0.2) is 5.58 Å². The molecule has 4 aromatic rings. The molecular weight excluding hydrogens is 306 g/mol. The maximum atomic E-state index is 12.4. The molecule has 0 aliphatic heterocycles. The van der Waals surface area contributed by atoms with Crippen LogP contribution in [0.1, 0.15) is 0 Å². The van der Waals surface area contributed by atoms with Gasteiger partial charge in [-0.2, -0.15) is 0 Å². The summed E-state index contributed by atoms with van der Waals surface area (Å²) in [4.78, 5) is 28.6. The Hall–Kier alpha value is -3.41. The lowest BCUT2D eigenvalue weighted by molar-refractivity contribution is -0.116. The Kier molecular flexibility index (Phi) is 3.35. The van der Waals surface area contributed by atoms with Crippen LogP contribution in [0, 0.1) is 0 Å². The first-order chi connectivity index (χ1) is 11.7. The molecule has 0 saturated heterocycles. The molecule has 6 heteroatoms. The molecule has 24 heavy (non-hydrogen) atoms. The predicted octanol–water partition coefficient (Wildman–Crippen LogP) is 2.78. The summed E-state index contributed by atoms with van der Waals surface area (Å²) in [6.45, 7) is -0.126. The highest BCUT2D eigenvalue weighted by Crippen LogP contribution is 2.20. The third-order valence-electron chi connectivity index (χ3n) is 3.78. The molecule has 2 aromatic heterocycles. The molecule has 1 N–H and O–H groups in total. The number of pyridine rings is 1. The van der Waals surface area contributed by atoms with Crippen molar-refractivity contribution < 1.29 is 9.21 Å². The fourth-order valence-electron chi connectivity index (χ4n) is 2.70. The van der Waals surface area contributed by atoms with E-state index in [0.29, 0.717) is 22.3 Å². The molecular formula is C18H13N3O3. The van der Waals surface area contributed by atoms with Crippen LogP contribution in [0.25, 0.3) is 22.0 Å². The lowest BCUT2D eigenvalue weighted by Gasteiger charge is -2.08. The van der Waals surface area contributed by atoms with Crippen LogP contribution in [0.4, 0.5) is 5.69 Å². The number of hydrogen-bond acceptors (Lipinski definition) is 4. The third kappa shape index (κ3) is 2.44. The Balaban J connectivity index is 1.65. The van der Waals surface area contributed by atoms with Gasteiger partial charge in [0.2, 0.25) is 5.91 Å². The summed E-state index contributed by atoms with van der Waals surface area (Å²) in [5, 5.41) is 3.74. The number of benzene rings is 2. The van der Waals surface area contributed by atoms with Crippen LogP contribution in [0.3, 0.4) is 0 Å². The average Bonchev–Trinajstić information content (AvgIpc) is 2.91. The minimum atomic E-state index is -0.553. The van der Waals surface area contributed by atoms with Crippen LogP contribution in [-0.2, 0) is 11.3 Å². The maximum Gasteiger partial charge on any atom is 0.420 e. The molecule has 118 valence electrons. The standard InChI is InChI=1S/C18H13N3O3/c22-16(11-21-14-8-1-2-9-15(14)24-18(21)23)20-13-7-3-5-12-6-4-10-19-17(12)13/h1-10H,11H2,(H,20,22). The van der Waals surface area contributed by atoms with Gasteiger partial charge in [-0.1, -0.05) is 30.3 Å². The Morgan fingerprint density at radius 1 is 1.08 bits per heavy atom. The maximum absolute atomic E-state index is 12.4. The first-order valence-corrected chi connectivity index (χ1v) is 7.44. The van der Waals surface area contributed by atoms with E-state index < -0.39 is 5.76 Å². The summed E-state index contributed by atoms with van der Waals surface area (Å²) in [6, 6.07) is 16.3. The van der Waals surface area contributed by atoms with Crippen LogP contribution >= 0.6 is 0 Å². The topological polar surface area (TPSA) is 77.1 Å². The molecule has 0 radical (unpaired) electrons. The van der Waals surface area contributed by atoms with Gasteiger partial charge in [-0.05, 0) is 24.3 Å². The zero-order valence-electron chi connectivity index (χ0n) is 12.6. The molecule has 0 bridgehead atoms. The number of nitrogens with one attached hydrogen (secondary N) is 1. The zero-order valence-corrected chi connectivity index (χ0v) is 12.6. The van der Waals surface area contributed by atoms with Gasteiger partial charge in [-0.3, -0.25) is 14.3 Å². The molecule has 2 aromatic carbocycles. The van der Waals surface area contributed by atoms with Crippen molar-refractivity contribution in [2.24, 2.45) is 0 Å². The molecule has 4 rings (SSSR count). The van der Waals surface area contributed by atoms with E-state index in [2.05, 4.69) is 10.3 Å². The van der Waals surface area contributed by atoms with Crippen LogP contribution < -0.4 is 11.1 Å². The van der Waals surface area contributed by atoms with Gasteiger partial charge in [0.05, 0.1) is 16.7 Å². The predicted molar refractivity (Wildman–Crippen MR) is 90.8 cm³/mol. The Bertz CT molecular complexity index is 1110. The highest BCUT2D eigenvalue weighted by atomic mass is 16.4. The quantitative estimate of drug-likeness (QED) is 0.630. The number of nitrogens with zero attached hydrogens (tertiary/aromatic N) is 2. The van der Waals surface area contributed by atoms with E-state index >= 15 is 0 Å². The summed E-state index contributed by atoms with van der Waals surface area (Å²) in [6.07, 6.45) is 1.67. The van der Waals surface area contributed by atoms with Crippen molar-refractivity contribution in [3.8, 4) is 0 Å². The summed E-state index contributed by atoms with van der Waals surface area (Å²) in [7, 11) is 0. The number of aromatic nitrogens is 2. The van der Waals surface area contributed by atoms with Gasteiger partial charge in [-0.15, -0.1) is 0 Å². The molecule has 0 unspecified atom stereocenters. The Morgan fingerprint density at radius 3 is 2.83 bits per heavy atom. The highest BCUT2D eigenvalue weighted by Gasteiger charge is 2.13. The van der Waals surface area contributed by atoms with E-state index in [4.69, 9.17) is 4.42 Å². The number of carbonyl (C=O) groups is 1. The van der Waals surface area contributed by atoms with Gasteiger partial charge in [0, 0.05) is 11.6 Å². The van der Waals surface area contributed by atoms with E-state index in [9.17, 15) is 9.59 Å². The monoisotopic (exact) mass is 319 g/mol. The molecule has 0 saturated carbocycles. The van der Waals surface area contributed by atoms with E-state index in [1.807, 2.05) is 24.3 Å². The van der Waals surface area contributed by atoms with Crippen molar-refractivity contribution in [3.05, 3.63) is 71.3 Å². The zero-order chi connectivity index (χ0) is 16.5. The number of para-hydroxylation sites is 3. The second kappa shape index (κ2) is 5.66. The Labute approximate surface area is 136 Å². The smallest absolute Gasteiger partial charge is 0.408 e. The molecule has 2 heterocycles. The van der Waals surface area contributed by atoms with Crippen LogP contribution in [0.2, 0.25) is 0 Å². The molecule has 6 nitrogen and oxygen atoms in total. The molecule has 0 spiro atoms. The van der Waals surface area contributed by atoms with Crippen molar-refractivity contribution in [2.45, 2.75) is 6.54 Å². The number of carbonyl (C=O) groups excluding carboxylic acids is 1. The summed E-state index contributed by atoms with van der Waals surface area (Å²) >= 11 is 0. The minimum Gasteiger partial charge on any atom is -0.408 e. The van der Waals surface area contributed by atoms with E-state index in [1.54, 1.807) is 36.5 Å². The van der Waals surface area contributed by atoms with Gasteiger partial charge in [0.1, 0.15) is 6.54 Å². The SMILES string of the molecule is O=C(Cn1c(=O)oc2ccccc21)Nc1cccc2cccnc12. The third-order valence-corrected chi connectivity index (χ3v) is 3.78.